The molecule has 4 heteroatoms. The van der Waals surface area contributed by atoms with E-state index in [-0.39, 0.29) is 40.1 Å². The molecule has 0 saturated heterocycles. The molecule has 2 N–H and O–H groups in total. The van der Waals surface area contributed by atoms with Gasteiger partial charge in [0.25, 0.3) is 0 Å². The Morgan fingerprint density at radius 3 is 2.18 bits per heavy atom. The van der Waals surface area contributed by atoms with Crippen LogP contribution in [0.5, 0.6) is 0 Å². The molecule has 0 aliphatic carbocycles. The van der Waals surface area contributed by atoms with Crippen LogP contribution in [0.25, 0.3) is 0 Å². The molecule has 0 aromatic heterocycles. The van der Waals surface area contributed by atoms with Crippen molar-refractivity contribution in [3.05, 3.63) is 37.8 Å². The third-order valence-electron chi connectivity index (χ3n) is 1.01. The first-order valence-corrected chi connectivity index (χ1v) is 2.63. The van der Waals surface area contributed by atoms with Crippen molar-refractivity contribution in [2.24, 2.45) is 0 Å². The maximum atomic E-state index is 8.55. The molecule has 0 aliphatic rings. The summed E-state index contributed by atoms with van der Waals surface area (Å²) in [5, 5.41) is 17.1. The molecule has 0 atom stereocenters. The largest absolute Gasteiger partial charge is 0.462 e. The van der Waals surface area contributed by atoms with Crippen molar-refractivity contribution in [1.82, 2.24) is 0 Å². The van der Waals surface area contributed by atoms with Gasteiger partial charge in [-0.15, -0.1) is 5.46 Å². The Morgan fingerprint density at radius 2 is 1.91 bits per heavy atom. The Hall–Kier alpha value is 0.309. The monoisotopic (exact) mass is 225 g/mol. The number of rotatable bonds is 1. The summed E-state index contributed by atoms with van der Waals surface area (Å²) in [7, 11) is -1.40. The average Bonchev–Trinajstić information content (AvgIpc) is 1.90. The fraction of sp³-hybridized carbons (Fsp3) is 0. The molecule has 0 amide bonds. The summed E-state index contributed by atoms with van der Waals surface area (Å²) in [6.45, 7) is 0. The van der Waals surface area contributed by atoms with E-state index in [2.05, 4.69) is 6.07 Å². The Labute approximate surface area is 92.7 Å². The van der Waals surface area contributed by atoms with Gasteiger partial charge in [0.05, 0.1) is 0 Å². The summed E-state index contributed by atoms with van der Waals surface area (Å²) in [6, 6.07) is 9.40. The van der Waals surface area contributed by atoms with Gasteiger partial charge in [-0.2, -0.15) is 30.3 Å². The smallest absolute Gasteiger partial charge is 0.425 e. The van der Waals surface area contributed by atoms with Gasteiger partial charge in [-0.3, -0.25) is 0 Å². The van der Waals surface area contributed by atoms with Gasteiger partial charge in [0.2, 0.25) is 0 Å². The van der Waals surface area contributed by atoms with Gasteiger partial charge < -0.3 is 17.5 Å². The van der Waals surface area contributed by atoms with E-state index >= 15 is 0 Å². The molecular weight excluding hydrogens is 216 g/mol. The van der Waals surface area contributed by atoms with Crippen LogP contribution in [0.2, 0.25) is 0 Å². The molecule has 0 saturated carbocycles. The summed E-state index contributed by atoms with van der Waals surface area (Å²) in [5.41, 5.74) is 0.400. The van der Waals surface area contributed by atoms with E-state index in [4.69, 9.17) is 10.0 Å². The van der Waals surface area contributed by atoms with Crippen molar-refractivity contribution in [2.75, 3.05) is 0 Å². The predicted octanol–water partition coefficient (Wildman–Crippen LogP) is -0.386. The van der Waals surface area contributed by atoms with Crippen molar-refractivity contribution in [3.63, 3.8) is 0 Å². The van der Waals surface area contributed by atoms with E-state index in [1.165, 1.54) is 0 Å². The number of hydrogen-bond donors (Lipinski definition) is 2. The summed E-state index contributed by atoms with van der Waals surface area (Å²) in [6.07, 6.45) is 0. The van der Waals surface area contributed by atoms with E-state index in [9.17, 15) is 0 Å². The maximum absolute atomic E-state index is 8.55. The zero-order valence-electron chi connectivity index (χ0n) is 6.36. The van der Waals surface area contributed by atoms with Gasteiger partial charge in [-0.05, 0) is 0 Å². The standard InChI is InChI=1S/C6H6BO2.CH3.Y/c8-7(9)6-4-2-1-3-5-6;;/h1-4,8-9H;1H3;/q2*-1;. The molecule has 2 nitrogen and oxygen atoms in total. The third kappa shape index (κ3) is 4.70. The van der Waals surface area contributed by atoms with E-state index in [0.29, 0.717) is 5.46 Å². The van der Waals surface area contributed by atoms with Crippen LogP contribution in [-0.2, 0) is 32.7 Å². The molecule has 1 aromatic rings. The Bertz CT molecular complexity index is 179. The molecule has 1 radical (unpaired) electrons. The maximum Gasteiger partial charge on any atom is 0.462 e. The van der Waals surface area contributed by atoms with Crippen molar-refractivity contribution >= 4 is 12.6 Å². The minimum atomic E-state index is -1.40. The van der Waals surface area contributed by atoms with Crippen LogP contribution < -0.4 is 5.46 Å². The molecular formula is C7H9BO2Y-2. The normalized spacial score (nSPS) is 7.45. The fourth-order valence-corrected chi connectivity index (χ4v) is 0.568. The first kappa shape index (κ1) is 13.9. The molecule has 0 unspecified atom stereocenters. The summed E-state index contributed by atoms with van der Waals surface area (Å²) >= 11 is 0. The molecule has 11 heavy (non-hydrogen) atoms. The van der Waals surface area contributed by atoms with Gasteiger partial charge in [-0.25, -0.2) is 0 Å². The van der Waals surface area contributed by atoms with Crippen molar-refractivity contribution in [2.45, 2.75) is 0 Å². The summed E-state index contributed by atoms with van der Waals surface area (Å²) < 4.78 is 0. The fourth-order valence-electron chi connectivity index (χ4n) is 0.568. The molecule has 57 valence electrons. The van der Waals surface area contributed by atoms with Crippen LogP contribution in [0.3, 0.4) is 0 Å². The van der Waals surface area contributed by atoms with Crippen LogP contribution in [0.15, 0.2) is 24.3 Å². The SMILES string of the molecule is OB(O)c1[c-]cccc1.[CH3-].[Y]. The molecule has 0 spiro atoms. The van der Waals surface area contributed by atoms with Crippen molar-refractivity contribution in [1.29, 1.82) is 0 Å². The van der Waals surface area contributed by atoms with Crippen LogP contribution in [-0.4, -0.2) is 17.2 Å². The molecule has 0 bridgehead atoms. The van der Waals surface area contributed by atoms with E-state index < -0.39 is 7.12 Å². The molecule has 1 aromatic carbocycles. The Balaban J connectivity index is 0. The van der Waals surface area contributed by atoms with Crippen molar-refractivity contribution < 1.29 is 42.8 Å². The minimum absolute atomic E-state index is 0. The van der Waals surface area contributed by atoms with Crippen LogP contribution in [0.4, 0.5) is 0 Å². The second-order valence-electron chi connectivity index (χ2n) is 1.69. The third-order valence-corrected chi connectivity index (χ3v) is 1.01. The van der Waals surface area contributed by atoms with Gasteiger partial charge in [0, 0.05) is 32.7 Å². The van der Waals surface area contributed by atoms with E-state index in [1.807, 2.05) is 0 Å². The molecule has 1 rings (SSSR count). The minimum Gasteiger partial charge on any atom is -0.425 e. The van der Waals surface area contributed by atoms with Crippen LogP contribution >= 0.6 is 0 Å². The summed E-state index contributed by atoms with van der Waals surface area (Å²) in [5.74, 6) is 0. The van der Waals surface area contributed by atoms with Gasteiger partial charge in [0.1, 0.15) is 0 Å². The zero-order chi connectivity index (χ0) is 6.69. The first-order valence-electron chi connectivity index (χ1n) is 2.63. The molecule has 0 aliphatic heterocycles. The topological polar surface area (TPSA) is 40.5 Å². The Kier molecular flexibility index (Phi) is 8.81. The number of hydrogen-bond acceptors (Lipinski definition) is 2. The summed E-state index contributed by atoms with van der Waals surface area (Å²) in [4.78, 5) is 0. The Morgan fingerprint density at radius 1 is 1.27 bits per heavy atom. The van der Waals surface area contributed by atoms with Crippen LogP contribution in [0, 0.1) is 13.5 Å². The first-order chi connectivity index (χ1) is 4.30. The van der Waals surface area contributed by atoms with Gasteiger partial charge >= 0.3 is 7.12 Å². The average molecular weight is 225 g/mol. The quantitative estimate of drug-likeness (QED) is 0.504. The predicted molar refractivity (Wildman–Crippen MR) is 41.5 cm³/mol. The van der Waals surface area contributed by atoms with E-state index in [1.54, 1.807) is 24.3 Å². The second kappa shape index (κ2) is 6.98. The van der Waals surface area contributed by atoms with Gasteiger partial charge in [0.15, 0.2) is 0 Å². The zero-order valence-corrected chi connectivity index (χ0v) is 9.20. The van der Waals surface area contributed by atoms with Gasteiger partial charge in [-0.1, -0.05) is 0 Å². The van der Waals surface area contributed by atoms with Crippen molar-refractivity contribution in [3.8, 4) is 0 Å². The molecule has 0 fully saturated rings. The van der Waals surface area contributed by atoms with Crippen LogP contribution in [0.1, 0.15) is 0 Å². The number of benzene rings is 1. The second-order valence-corrected chi connectivity index (χ2v) is 1.69. The molecule has 0 heterocycles. The van der Waals surface area contributed by atoms with E-state index in [0.717, 1.165) is 0 Å².